The molecule has 0 aliphatic heterocycles. The summed E-state index contributed by atoms with van der Waals surface area (Å²) in [6.07, 6.45) is 2.38. The van der Waals surface area contributed by atoms with E-state index in [0.29, 0.717) is 6.42 Å². The van der Waals surface area contributed by atoms with Crippen LogP contribution in [-0.4, -0.2) is 22.8 Å². The molecule has 0 spiro atoms. The fraction of sp³-hybridized carbons (Fsp3) is 0.158. The van der Waals surface area contributed by atoms with Gasteiger partial charge < -0.3 is 10.7 Å². The highest BCUT2D eigenvalue weighted by Gasteiger charge is 2.18. The molecule has 0 saturated carbocycles. The lowest BCUT2D eigenvalue weighted by atomic mass is 10.0. The summed E-state index contributed by atoms with van der Waals surface area (Å²) in [6, 6.07) is 16.3. The molecule has 0 saturated heterocycles. The summed E-state index contributed by atoms with van der Waals surface area (Å²) in [5, 5.41) is 3.41. The van der Waals surface area contributed by atoms with Crippen LogP contribution in [-0.2, 0) is 22.4 Å². The number of nitrogens with two attached hydrogens (primary N) is 1. The third kappa shape index (κ3) is 3.70. The second kappa shape index (κ2) is 7.10. The van der Waals surface area contributed by atoms with Crippen molar-refractivity contribution in [3.05, 3.63) is 71.9 Å². The van der Waals surface area contributed by atoms with Crippen LogP contribution < -0.4 is 11.1 Å². The first-order valence-corrected chi connectivity index (χ1v) is 7.81. The van der Waals surface area contributed by atoms with Crippen molar-refractivity contribution in [3.8, 4) is 0 Å². The van der Waals surface area contributed by atoms with E-state index in [-0.39, 0.29) is 12.3 Å². The minimum Gasteiger partial charge on any atom is -0.361 e. The average Bonchev–Trinajstić information content (AvgIpc) is 2.99. The van der Waals surface area contributed by atoms with Gasteiger partial charge in [0.25, 0.3) is 0 Å². The van der Waals surface area contributed by atoms with Crippen LogP contribution in [0.4, 0.5) is 0 Å². The van der Waals surface area contributed by atoms with E-state index in [0.717, 1.165) is 22.0 Å². The van der Waals surface area contributed by atoms with Crippen LogP contribution in [0.3, 0.4) is 0 Å². The molecule has 0 unspecified atom stereocenters. The van der Waals surface area contributed by atoms with Gasteiger partial charge in [-0.2, -0.15) is 0 Å². The molecule has 0 bridgehead atoms. The maximum absolute atomic E-state index is 12.1. The van der Waals surface area contributed by atoms with Crippen LogP contribution >= 0.6 is 0 Å². The quantitative estimate of drug-likeness (QED) is 0.671. The third-order valence-corrected chi connectivity index (χ3v) is 3.92. The normalized spacial score (nSPS) is 12.0. The van der Waals surface area contributed by atoms with Crippen LogP contribution in [0.2, 0.25) is 0 Å². The summed E-state index contributed by atoms with van der Waals surface area (Å²) in [6.45, 7) is 0. The topological polar surface area (TPSA) is 88.0 Å². The number of aromatic nitrogens is 1. The predicted molar refractivity (Wildman–Crippen MR) is 93.3 cm³/mol. The standard InChI is InChI=1S/C19H19N3O2/c20-16(11-14-12-21-17-9-5-4-8-15(14)17)19(24)22-18(23)10-13-6-2-1-3-7-13/h1-9,12,16,21H,10-11,20H2,(H,22,23,24)/t16-/m0/s1. The summed E-state index contributed by atoms with van der Waals surface area (Å²) in [5.41, 5.74) is 8.78. The Morgan fingerprint density at radius 1 is 1.04 bits per heavy atom. The van der Waals surface area contributed by atoms with Crippen LogP contribution in [0.25, 0.3) is 10.9 Å². The van der Waals surface area contributed by atoms with E-state index in [1.165, 1.54) is 0 Å². The average molecular weight is 321 g/mol. The van der Waals surface area contributed by atoms with Gasteiger partial charge in [-0.1, -0.05) is 48.5 Å². The minimum atomic E-state index is -0.774. The van der Waals surface area contributed by atoms with Gasteiger partial charge in [-0.25, -0.2) is 0 Å². The molecule has 3 aromatic rings. The molecule has 1 aromatic heterocycles. The number of nitrogens with one attached hydrogen (secondary N) is 2. The lowest BCUT2D eigenvalue weighted by Crippen LogP contribution is -2.45. The molecule has 5 nitrogen and oxygen atoms in total. The molecular weight excluding hydrogens is 302 g/mol. The van der Waals surface area contributed by atoms with Gasteiger partial charge in [0, 0.05) is 17.1 Å². The van der Waals surface area contributed by atoms with Crippen molar-refractivity contribution < 1.29 is 9.59 Å². The number of benzene rings is 2. The second-order valence-corrected chi connectivity index (χ2v) is 5.74. The summed E-state index contributed by atoms with van der Waals surface area (Å²) in [7, 11) is 0. The van der Waals surface area contributed by atoms with Crippen molar-refractivity contribution in [1.29, 1.82) is 0 Å². The monoisotopic (exact) mass is 321 g/mol. The minimum absolute atomic E-state index is 0.159. The summed E-state index contributed by atoms with van der Waals surface area (Å²) in [4.78, 5) is 27.2. The van der Waals surface area contributed by atoms with E-state index < -0.39 is 11.9 Å². The molecular formula is C19H19N3O2. The third-order valence-electron chi connectivity index (χ3n) is 3.92. The molecule has 1 heterocycles. The van der Waals surface area contributed by atoms with E-state index in [9.17, 15) is 9.59 Å². The molecule has 0 aliphatic rings. The summed E-state index contributed by atoms with van der Waals surface area (Å²) >= 11 is 0. The maximum Gasteiger partial charge on any atom is 0.243 e. The van der Waals surface area contributed by atoms with Crippen molar-refractivity contribution in [2.24, 2.45) is 5.73 Å². The van der Waals surface area contributed by atoms with Crippen LogP contribution in [0, 0.1) is 0 Å². The molecule has 3 rings (SSSR count). The Kier molecular flexibility index (Phi) is 4.72. The van der Waals surface area contributed by atoms with Crippen molar-refractivity contribution in [3.63, 3.8) is 0 Å². The molecule has 4 N–H and O–H groups in total. The van der Waals surface area contributed by atoms with Gasteiger partial charge in [-0.05, 0) is 23.6 Å². The molecule has 0 aliphatic carbocycles. The van der Waals surface area contributed by atoms with Gasteiger partial charge >= 0.3 is 0 Å². The van der Waals surface area contributed by atoms with Crippen LogP contribution in [0.15, 0.2) is 60.8 Å². The van der Waals surface area contributed by atoms with Crippen LogP contribution in [0.5, 0.6) is 0 Å². The molecule has 0 fully saturated rings. The molecule has 2 aromatic carbocycles. The Labute approximate surface area is 139 Å². The van der Waals surface area contributed by atoms with Crippen molar-refractivity contribution in [2.45, 2.75) is 18.9 Å². The first kappa shape index (κ1) is 16.0. The number of H-pyrrole nitrogens is 1. The Morgan fingerprint density at radius 2 is 1.75 bits per heavy atom. The Bertz CT molecular complexity index is 855. The van der Waals surface area contributed by atoms with E-state index in [1.54, 1.807) is 0 Å². The highest BCUT2D eigenvalue weighted by atomic mass is 16.2. The molecule has 1 atom stereocenters. The number of hydrogen-bond donors (Lipinski definition) is 3. The van der Waals surface area contributed by atoms with E-state index >= 15 is 0 Å². The molecule has 0 radical (unpaired) electrons. The van der Waals surface area contributed by atoms with Gasteiger partial charge in [-0.3, -0.25) is 14.9 Å². The number of aromatic amines is 1. The lowest BCUT2D eigenvalue weighted by molar-refractivity contribution is -0.130. The Morgan fingerprint density at radius 3 is 2.54 bits per heavy atom. The summed E-state index contributed by atoms with van der Waals surface area (Å²) in [5.74, 6) is -0.804. The number of carbonyl (C=O) groups is 2. The van der Waals surface area contributed by atoms with Crippen molar-refractivity contribution in [2.75, 3.05) is 0 Å². The number of para-hydroxylation sites is 1. The number of carbonyl (C=O) groups excluding carboxylic acids is 2. The molecule has 5 heteroatoms. The van der Waals surface area contributed by atoms with E-state index in [4.69, 9.17) is 5.73 Å². The molecule has 122 valence electrons. The van der Waals surface area contributed by atoms with Gasteiger partial charge in [0.1, 0.15) is 0 Å². The van der Waals surface area contributed by atoms with E-state index in [2.05, 4.69) is 10.3 Å². The van der Waals surface area contributed by atoms with Gasteiger partial charge in [0.15, 0.2) is 0 Å². The zero-order chi connectivity index (χ0) is 16.9. The maximum atomic E-state index is 12.1. The zero-order valence-electron chi connectivity index (χ0n) is 13.2. The molecule has 24 heavy (non-hydrogen) atoms. The van der Waals surface area contributed by atoms with Gasteiger partial charge in [0.05, 0.1) is 12.5 Å². The number of hydrogen-bond acceptors (Lipinski definition) is 3. The lowest BCUT2D eigenvalue weighted by Gasteiger charge is -2.11. The number of imide groups is 1. The number of fused-ring (bicyclic) bond motifs is 1. The highest BCUT2D eigenvalue weighted by Crippen LogP contribution is 2.18. The fourth-order valence-electron chi connectivity index (χ4n) is 2.69. The predicted octanol–water partition coefficient (Wildman–Crippen LogP) is 1.92. The first-order chi connectivity index (χ1) is 11.6. The van der Waals surface area contributed by atoms with Crippen molar-refractivity contribution in [1.82, 2.24) is 10.3 Å². The van der Waals surface area contributed by atoms with Crippen LogP contribution in [0.1, 0.15) is 11.1 Å². The molecule has 2 amide bonds. The Hall–Kier alpha value is -2.92. The number of amides is 2. The fourth-order valence-corrected chi connectivity index (χ4v) is 2.69. The zero-order valence-corrected chi connectivity index (χ0v) is 13.2. The number of rotatable bonds is 5. The smallest absolute Gasteiger partial charge is 0.243 e. The highest BCUT2D eigenvalue weighted by molar-refractivity contribution is 5.98. The summed E-state index contributed by atoms with van der Waals surface area (Å²) < 4.78 is 0. The van der Waals surface area contributed by atoms with Gasteiger partial charge in [-0.15, -0.1) is 0 Å². The van der Waals surface area contributed by atoms with Crippen molar-refractivity contribution >= 4 is 22.7 Å². The Balaban J connectivity index is 1.59. The second-order valence-electron chi connectivity index (χ2n) is 5.74. The first-order valence-electron chi connectivity index (χ1n) is 7.81. The SMILES string of the molecule is N[C@@H](Cc1c[nH]c2ccccc12)C(=O)NC(=O)Cc1ccccc1. The largest absolute Gasteiger partial charge is 0.361 e. The van der Waals surface area contributed by atoms with E-state index in [1.807, 2.05) is 60.8 Å². The van der Waals surface area contributed by atoms with Gasteiger partial charge in [0.2, 0.25) is 11.8 Å².